The molecule has 0 bridgehead atoms. The summed E-state index contributed by atoms with van der Waals surface area (Å²) in [6.45, 7) is 1.88. The van der Waals surface area contributed by atoms with Gasteiger partial charge in [0.05, 0.1) is 11.6 Å². The maximum absolute atomic E-state index is 12.2. The molecule has 0 aromatic carbocycles. The Labute approximate surface area is 128 Å². The molecule has 2 aliphatic rings. The Kier molecular flexibility index (Phi) is 4.19. The van der Waals surface area contributed by atoms with Gasteiger partial charge in [-0.25, -0.2) is 4.98 Å². The second-order valence-electron chi connectivity index (χ2n) is 5.74. The monoisotopic (exact) mass is 308 g/mol. The third-order valence-corrected chi connectivity index (χ3v) is 5.09. The highest BCUT2D eigenvalue weighted by Gasteiger charge is 2.26. The number of carbonyl (C=O) groups is 2. The van der Waals surface area contributed by atoms with Crippen LogP contribution in [-0.4, -0.2) is 62.9 Å². The Bertz CT molecular complexity index is 545. The second kappa shape index (κ2) is 6.09. The minimum atomic E-state index is 0.0299. The van der Waals surface area contributed by atoms with Gasteiger partial charge in [-0.15, -0.1) is 11.8 Å². The van der Waals surface area contributed by atoms with Crippen molar-refractivity contribution < 1.29 is 9.59 Å². The molecular formula is C14H20N4O2S. The van der Waals surface area contributed by atoms with E-state index in [1.165, 1.54) is 0 Å². The molecule has 3 rings (SSSR count). The fourth-order valence-corrected chi connectivity index (χ4v) is 3.80. The van der Waals surface area contributed by atoms with E-state index in [9.17, 15) is 9.59 Å². The summed E-state index contributed by atoms with van der Waals surface area (Å²) in [5.74, 6) is 2.84. The molecule has 0 N–H and O–H groups in total. The summed E-state index contributed by atoms with van der Waals surface area (Å²) in [6.07, 6.45) is 5.88. The molecule has 1 aromatic rings. The smallest absolute Gasteiger partial charge is 0.241 e. The second-order valence-corrected chi connectivity index (χ2v) is 6.70. The van der Waals surface area contributed by atoms with E-state index < -0.39 is 0 Å². The average molecular weight is 308 g/mol. The first-order valence-corrected chi connectivity index (χ1v) is 8.38. The predicted molar refractivity (Wildman–Crippen MR) is 80.7 cm³/mol. The maximum atomic E-state index is 12.2. The van der Waals surface area contributed by atoms with Crippen LogP contribution >= 0.6 is 11.8 Å². The summed E-state index contributed by atoms with van der Waals surface area (Å²) < 4.78 is 2.17. The summed E-state index contributed by atoms with van der Waals surface area (Å²) >= 11 is 1.57. The number of nitrogens with zero attached hydrogens (tertiary/aromatic N) is 4. The molecule has 21 heavy (non-hydrogen) atoms. The zero-order valence-electron chi connectivity index (χ0n) is 12.2. The van der Waals surface area contributed by atoms with Crippen LogP contribution in [-0.2, 0) is 22.6 Å². The number of carbonyl (C=O) groups excluding carboxylic acids is 2. The number of rotatable bonds is 4. The van der Waals surface area contributed by atoms with E-state index in [-0.39, 0.29) is 18.4 Å². The molecule has 2 aliphatic heterocycles. The van der Waals surface area contributed by atoms with Crippen LogP contribution in [0.1, 0.15) is 12.2 Å². The zero-order valence-corrected chi connectivity index (χ0v) is 13.0. The van der Waals surface area contributed by atoms with Crippen molar-refractivity contribution in [1.82, 2.24) is 19.4 Å². The maximum Gasteiger partial charge on any atom is 0.241 e. The van der Waals surface area contributed by atoms with Gasteiger partial charge in [0.25, 0.3) is 0 Å². The lowest BCUT2D eigenvalue weighted by Crippen LogP contribution is -2.42. The van der Waals surface area contributed by atoms with Crippen molar-refractivity contribution in [3.63, 3.8) is 0 Å². The van der Waals surface area contributed by atoms with Gasteiger partial charge in [0, 0.05) is 39.0 Å². The third kappa shape index (κ3) is 3.23. The molecule has 0 radical (unpaired) electrons. The van der Waals surface area contributed by atoms with E-state index in [2.05, 4.69) is 9.55 Å². The Balaban J connectivity index is 1.51. The molecule has 114 valence electrons. The van der Waals surface area contributed by atoms with Gasteiger partial charge in [-0.2, -0.15) is 0 Å². The quantitative estimate of drug-likeness (QED) is 0.810. The van der Waals surface area contributed by atoms with E-state index in [0.717, 1.165) is 31.8 Å². The fourth-order valence-electron chi connectivity index (χ4n) is 2.90. The summed E-state index contributed by atoms with van der Waals surface area (Å²) in [7, 11) is 1.83. The van der Waals surface area contributed by atoms with Crippen LogP contribution in [0.15, 0.2) is 12.4 Å². The first-order chi connectivity index (χ1) is 10.1. The Morgan fingerprint density at radius 1 is 1.57 bits per heavy atom. The number of aromatic nitrogens is 2. The Morgan fingerprint density at radius 3 is 3.19 bits per heavy atom. The number of amides is 2. The standard InChI is InChI=1S/C14H20N4O2S/c1-16(13(19)8-18-10-21-9-14(18)20)6-11-2-3-12-15-4-5-17(12)7-11/h4-5,11H,2-3,6-10H2,1H3. The van der Waals surface area contributed by atoms with E-state index in [1.807, 2.05) is 19.4 Å². The first kappa shape index (κ1) is 14.4. The van der Waals surface area contributed by atoms with Crippen molar-refractivity contribution in [2.75, 3.05) is 31.8 Å². The number of imidazole rings is 1. The highest BCUT2D eigenvalue weighted by Crippen LogP contribution is 2.20. The van der Waals surface area contributed by atoms with E-state index in [0.29, 0.717) is 17.5 Å². The van der Waals surface area contributed by atoms with Crippen molar-refractivity contribution >= 4 is 23.6 Å². The molecule has 0 spiro atoms. The van der Waals surface area contributed by atoms with Gasteiger partial charge in [-0.05, 0) is 12.3 Å². The van der Waals surface area contributed by atoms with Crippen LogP contribution in [0.2, 0.25) is 0 Å². The van der Waals surface area contributed by atoms with E-state index in [1.54, 1.807) is 21.6 Å². The first-order valence-electron chi connectivity index (χ1n) is 7.23. The van der Waals surface area contributed by atoms with Gasteiger partial charge in [0.15, 0.2) is 0 Å². The third-order valence-electron chi connectivity index (χ3n) is 4.14. The zero-order chi connectivity index (χ0) is 14.8. The number of likely N-dealkylation sites (N-methyl/N-ethyl adjacent to an activating group) is 1. The number of thioether (sulfide) groups is 1. The molecule has 3 heterocycles. The molecule has 7 heteroatoms. The number of hydrogen-bond acceptors (Lipinski definition) is 4. The highest BCUT2D eigenvalue weighted by molar-refractivity contribution is 8.00. The van der Waals surface area contributed by atoms with Crippen LogP contribution in [0.5, 0.6) is 0 Å². The Hall–Kier alpha value is -1.50. The van der Waals surface area contributed by atoms with Gasteiger partial charge in [0.1, 0.15) is 12.4 Å². The minimum Gasteiger partial charge on any atom is -0.344 e. The lowest BCUT2D eigenvalue weighted by molar-refractivity contribution is -0.137. The topological polar surface area (TPSA) is 58.4 Å². The Morgan fingerprint density at radius 2 is 2.43 bits per heavy atom. The van der Waals surface area contributed by atoms with Crippen molar-refractivity contribution in [3.05, 3.63) is 18.2 Å². The molecule has 6 nitrogen and oxygen atoms in total. The minimum absolute atomic E-state index is 0.0299. The van der Waals surface area contributed by atoms with Gasteiger partial charge in [-0.3, -0.25) is 9.59 Å². The highest BCUT2D eigenvalue weighted by atomic mass is 32.2. The number of hydrogen-bond donors (Lipinski definition) is 0. The molecular weight excluding hydrogens is 288 g/mol. The SMILES string of the molecule is CN(CC1CCc2nccn2C1)C(=O)CN1CSCC1=O. The summed E-state index contributed by atoms with van der Waals surface area (Å²) in [5.41, 5.74) is 0. The van der Waals surface area contributed by atoms with Gasteiger partial charge in [-0.1, -0.05) is 0 Å². The lowest BCUT2D eigenvalue weighted by Gasteiger charge is -2.29. The predicted octanol–water partition coefficient (Wildman–Crippen LogP) is 0.437. The average Bonchev–Trinajstić information content (AvgIpc) is 3.07. The summed E-state index contributed by atoms with van der Waals surface area (Å²) in [6, 6.07) is 0. The van der Waals surface area contributed by atoms with Gasteiger partial charge < -0.3 is 14.4 Å². The van der Waals surface area contributed by atoms with Crippen molar-refractivity contribution in [1.29, 1.82) is 0 Å². The fraction of sp³-hybridized carbons (Fsp3) is 0.643. The van der Waals surface area contributed by atoms with Gasteiger partial charge >= 0.3 is 0 Å². The number of aryl methyl sites for hydroxylation is 1. The molecule has 1 aromatic heterocycles. The van der Waals surface area contributed by atoms with E-state index in [4.69, 9.17) is 0 Å². The van der Waals surface area contributed by atoms with Gasteiger partial charge in [0.2, 0.25) is 11.8 Å². The van der Waals surface area contributed by atoms with Crippen molar-refractivity contribution in [2.45, 2.75) is 19.4 Å². The summed E-state index contributed by atoms with van der Waals surface area (Å²) in [5, 5.41) is 0. The largest absolute Gasteiger partial charge is 0.344 e. The molecule has 0 aliphatic carbocycles. The molecule has 2 amide bonds. The van der Waals surface area contributed by atoms with Crippen molar-refractivity contribution in [2.24, 2.45) is 5.92 Å². The molecule has 1 fully saturated rings. The molecule has 1 unspecified atom stereocenters. The molecule has 0 saturated carbocycles. The lowest BCUT2D eigenvalue weighted by atomic mass is 9.99. The van der Waals surface area contributed by atoms with Crippen LogP contribution in [0.25, 0.3) is 0 Å². The molecule has 1 atom stereocenters. The van der Waals surface area contributed by atoms with Crippen LogP contribution in [0.3, 0.4) is 0 Å². The summed E-state index contributed by atoms with van der Waals surface area (Å²) in [4.78, 5) is 31.5. The molecule has 1 saturated heterocycles. The van der Waals surface area contributed by atoms with E-state index >= 15 is 0 Å². The van der Waals surface area contributed by atoms with Crippen LogP contribution < -0.4 is 0 Å². The number of fused-ring (bicyclic) bond motifs is 1. The normalized spacial score (nSPS) is 21.5. The van der Waals surface area contributed by atoms with Crippen LogP contribution in [0, 0.1) is 5.92 Å². The van der Waals surface area contributed by atoms with Crippen molar-refractivity contribution in [3.8, 4) is 0 Å². The van der Waals surface area contributed by atoms with Crippen LogP contribution in [0.4, 0.5) is 0 Å².